The maximum Gasteiger partial charge on any atom is 0.254 e. The molecule has 2 aromatic carbocycles. The van der Waals surface area contributed by atoms with Crippen LogP contribution in [0.15, 0.2) is 70.3 Å². The Morgan fingerprint density at radius 2 is 1.66 bits per heavy atom. The lowest BCUT2D eigenvalue weighted by Gasteiger charge is -2.13. The molecule has 2 fully saturated rings. The topological polar surface area (TPSA) is 59.0 Å². The molecule has 0 spiro atoms. The lowest BCUT2D eigenvalue weighted by Crippen LogP contribution is -2.28. The van der Waals surface area contributed by atoms with E-state index in [1.165, 1.54) is 0 Å². The predicted molar refractivity (Wildman–Crippen MR) is 112 cm³/mol. The molecule has 1 saturated heterocycles. The molecule has 1 heterocycles. The molecule has 6 heteroatoms. The molecule has 5 rings (SSSR count). The number of allylic oxidation sites excluding steroid dienone is 2. The van der Waals surface area contributed by atoms with Crippen molar-refractivity contribution in [3.8, 4) is 5.75 Å². The number of fused-ring (bicyclic) bond motifs is 5. The van der Waals surface area contributed by atoms with Gasteiger partial charge in [-0.1, -0.05) is 52.3 Å². The summed E-state index contributed by atoms with van der Waals surface area (Å²) in [5, 5.41) is 5.32. The van der Waals surface area contributed by atoms with Crippen LogP contribution < -0.4 is 4.74 Å². The van der Waals surface area contributed by atoms with Gasteiger partial charge in [0.2, 0.25) is 0 Å². The normalized spacial score (nSPS) is 27.3. The molecule has 146 valence electrons. The Kier molecular flexibility index (Phi) is 4.59. The SMILES string of the molecule is O=C1[C@@H]2[C@H](C(=O)N1N=Cc1ccccc1OCc1ccc(Br)cc1)[C@H]1C=C[C@H]2C1. The molecule has 5 nitrogen and oxygen atoms in total. The van der Waals surface area contributed by atoms with Crippen LogP contribution in [0, 0.1) is 23.7 Å². The standard InChI is InChI=1S/C23H19BrN2O3/c24-18-9-5-14(6-10-18)13-29-19-4-2-1-3-17(19)12-25-26-22(27)20-15-7-8-16(11-15)21(20)23(26)28/h1-10,12,15-16,20-21H,11,13H2/t15-,16-,20-,21+/m0/s1. The zero-order valence-electron chi connectivity index (χ0n) is 15.6. The number of hydrazone groups is 1. The second-order valence-electron chi connectivity index (χ2n) is 7.69. The number of ether oxygens (including phenoxy) is 1. The van der Waals surface area contributed by atoms with Gasteiger partial charge in [0.1, 0.15) is 12.4 Å². The number of hydrogen-bond donors (Lipinski definition) is 0. The first kappa shape index (κ1) is 18.3. The summed E-state index contributed by atoms with van der Waals surface area (Å²) in [6, 6.07) is 15.4. The largest absolute Gasteiger partial charge is 0.488 e. The van der Waals surface area contributed by atoms with Crippen LogP contribution in [0.2, 0.25) is 0 Å². The molecule has 0 unspecified atom stereocenters. The molecule has 0 N–H and O–H groups in total. The summed E-state index contributed by atoms with van der Waals surface area (Å²) < 4.78 is 6.96. The van der Waals surface area contributed by atoms with Crippen molar-refractivity contribution < 1.29 is 14.3 Å². The van der Waals surface area contributed by atoms with Crippen LogP contribution in [-0.4, -0.2) is 23.0 Å². The van der Waals surface area contributed by atoms with Crippen LogP contribution in [-0.2, 0) is 16.2 Å². The maximum atomic E-state index is 12.8. The fourth-order valence-electron chi connectivity index (χ4n) is 4.58. The van der Waals surface area contributed by atoms with Crippen LogP contribution in [0.1, 0.15) is 17.5 Å². The average molecular weight is 451 g/mol. The third-order valence-electron chi connectivity index (χ3n) is 5.99. The minimum Gasteiger partial charge on any atom is -0.488 e. The van der Waals surface area contributed by atoms with Crippen molar-refractivity contribution in [3.63, 3.8) is 0 Å². The van der Waals surface area contributed by atoms with E-state index >= 15 is 0 Å². The van der Waals surface area contributed by atoms with E-state index in [1.54, 1.807) is 6.21 Å². The molecule has 2 aromatic rings. The number of benzene rings is 2. The van der Waals surface area contributed by atoms with Crippen molar-refractivity contribution in [3.05, 3.63) is 76.3 Å². The maximum absolute atomic E-state index is 12.8. The Bertz CT molecular complexity index is 1000. The van der Waals surface area contributed by atoms with Crippen LogP contribution in [0.4, 0.5) is 0 Å². The van der Waals surface area contributed by atoms with E-state index in [0.29, 0.717) is 12.4 Å². The first-order chi connectivity index (χ1) is 14.1. The van der Waals surface area contributed by atoms with Gasteiger partial charge < -0.3 is 4.74 Å². The van der Waals surface area contributed by atoms with Crippen LogP contribution in [0.5, 0.6) is 5.75 Å². The average Bonchev–Trinajstić information content (AvgIpc) is 3.41. The zero-order chi connectivity index (χ0) is 20.0. The van der Waals surface area contributed by atoms with E-state index in [0.717, 1.165) is 27.0 Å². The number of halogens is 1. The van der Waals surface area contributed by atoms with E-state index in [4.69, 9.17) is 4.74 Å². The highest BCUT2D eigenvalue weighted by atomic mass is 79.9. The molecule has 4 atom stereocenters. The Hall–Kier alpha value is -2.73. The highest BCUT2D eigenvalue weighted by Crippen LogP contribution is 2.52. The molecule has 0 aromatic heterocycles. The molecular formula is C23H19BrN2O3. The zero-order valence-corrected chi connectivity index (χ0v) is 17.2. The van der Waals surface area contributed by atoms with Crippen molar-refractivity contribution in [2.24, 2.45) is 28.8 Å². The summed E-state index contributed by atoms with van der Waals surface area (Å²) >= 11 is 3.42. The van der Waals surface area contributed by atoms with Crippen molar-refractivity contribution in [1.82, 2.24) is 5.01 Å². The van der Waals surface area contributed by atoms with Gasteiger partial charge in [-0.05, 0) is 48.1 Å². The molecule has 3 aliphatic rings. The fourth-order valence-corrected chi connectivity index (χ4v) is 4.85. The van der Waals surface area contributed by atoms with Gasteiger partial charge in [-0.3, -0.25) is 9.59 Å². The van der Waals surface area contributed by atoms with E-state index in [1.807, 2.05) is 48.5 Å². The fraction of sp³-hybridized carbons (Fsp3) is 0.261. The Labute approximate surface area is 177 Å². The third kappa shape index (κ3) is 3.21. The van der Waals surface area contributed by atoms with Crippen molar-refractivity contribution in [2.75, 3.05) is 0 Å². The van der Waals surface area contributed by atoms with Gasteiger partial charge in [0.05, 0.1) is 18.1 Å². The summed E-state index contributed by atoms with van der Waals surface area (Å²) in [6.45, 7) is 0.416. The number of carbonyl (C=O) groups is 2. The highest BCUT2D eigenvalue weighted by Gasteiger charge is 2.59. The first-order valence-corrected chi connectivity index (χ1v) is 10.5. The molecule has 1 saturated carbocycles. The van der Waals surface area contributed by atoms with Gasteiger partial charge >= 0.3 is 0 Å². The van der Waals surface area contributed by atoms with Crippen molar-refractivity contribution in [1.29, 1.82) is 0 Å². The number of nitrogens with zero attached hydrogens (tertiary/aromatic N) is 2. The summed E-state index contributed by atoms with van der Waals surface area (Å²) in [4.78, 5) is 25.5. The van der Waals surface area contributed by atoms with E-state index < -0.39 is 0 Å². The molecule has 0 radical (unpaired) electrons. The summed E-state index contributed by atoms with van der Waals surface area (Å²) in [5.41, 5.74) is 1.77. The number of carbonyl (C=O) groups excluding carboxylic acids is 2. The van der Waals surface area contributed by atoms with Crippen LogP contribution in [0.3, 0.4) is 0 Å². The molecule has 2 bridgehead atoms. The molecule has 2 amide bonds. The monoisotopic (exact) mass is 450 g/mol. The van der Waals surface area contributed by atoms with Gasteiger partial charge in [-0.15, -0.1) is 0 Å². The van der Waals surface area contributed by atoms with Gasteiger partial charge in [0.15, 0.2) is 0 Å². The number of hydrogen-bond acceptors (Lipinski definition) is 4. The highest BCUT2D eigenvalue weighted by molar-refractivity contribution is 9.10. The smallest absolute Gasteiger partial charge is 0.254 e. The van der Waals surface area contributed by atoms with Gasteiger partial charge in [-0.25, -0.2) is 0 Å². The Morgan fingerprint density at radius 1 is 1.00 bits per heavy atom. The number of para-hydroxylation sites is 1. The third-order valence-corrected chi connectivity index (χ3v) is 6.51. The molecule has 29 heavy (non-hydrogen) atoms. The minimum atomic E-state index is -0.237. The van der Waals surface area contributed by atoms with Crippen LogP contribution in [0.25, 0.3) is 0 Å². The van der Waals surface area contributed by atoms with Gasteiger partial charge in [-0.2, -0.15) is 10.1 Å². The second kappa shape index (κ2) is 7.26. The van der Waals surface area contributed by atoms with Crippen LogP contribution >= 0.6 is 15.9 Å². The lowest BCUT2D eigenvalue weighted by molar-refractivity contribution is -0.140. The second-order valence-corrected chi connectivity index (χ2v) is 8.60. The molecule has 1 aliphatic heterocycles. The van der Waals surface area contributed by atoms with E-state index in [9.17, 15) is 9.59 Å². The number of rotatable bonds is 5. The van der Waals surface area contributed by atoms with Crippen molar-refractivity contribution in [2.45, 2.75) is 13.0 Å². The first-order valence-electron chi connectivity index (χ1n) is 9.68. The number of imide groups is 1. The summed E-state index contributed by atoms with van der Waals surface area (Å²) in [7, 11) is 0. The van der Waals surface area contributed by atoms with Crippen molar-refractivity contribution >= 4 is 34.0 Å². The minimum absolute atomic E-state index is 0.179. The van der Waals surface area contributed by atoms with Gasteiger partial charge in [0.25, 0.3) is 11.8 Å². The Balaban J connectivity index is 1.32. The van der Waals surface area contributed by atoms with E-state index in [-0.39, 0.29) is 35.5 Å². The lowest BCUT2D eigenvalue weighted by atomic mass is 9.85. The molecular weight excluding hydrogens is 432 g/mol. The number of amides is 2. The van der Waals surface area contributed by atoms with E-state index in [2.05, 4.69) is 33.2 Å². The predicted octanol–water partition coefficient (Wildman–Crippen LogP) is 4.17. The molecule has 2 aliphatic carbocycles. The Morgan fingerprint density at radius 3 is 2.34 bits per heavy atom. The summed E-state index contributed by atoms with van der Waals surface area (Å²) in [5.74, 6) is 0.186. The summed E-state index contributed by atoms with van der Waals surface area (Å²) in [6.07, 6.45) is 6.62. The van der Waals surface area contributed by atoms with Gasteiger partial charge in [0, 0.05) is 10.0 Å². The quantitative estimate of drug-likeness (QED) is 0.390.